The maximum absolute atomic E-state index is 12.0. The van der Waals surface area contributed by atoms with Crippen LogP contribution in [0.15, 0.2) is 30.7 Å². The molecule has 5 heteroatoms. The molecule has 0 amide bonds. The highest BCUT2D eigenvalue weighted by atomic mass is 16.1. The Labute approximate surface area is 99.3 Å². The Balaban J connectivity index is 2.17. The lowest BCUT2D eigenvalue weighted by atomic mass is 10.1. The van der Waals surface area contributed by atoms with Crippen molar-refractivity contribution in [2.45, 2.75) is 13.0 Å². The van der Waals surface area contributed by atoms with Crippen molar-refractivity contribution in [1.82, 2.24) is 14.5 Å². The first-order valence-electron chi connectivity index (χ1n) is 5.35. The van der Waals surface area contributed by atoms with E-state index in [0.29, 0.717) is 12.1 Å². The number of pyridine rings is 1. The van der Waals surface area contributed by atoms with Gasteiger partial charge in [-0.25, -0.2) is 4.98 Å². The Morgan fingerprint density at radius 2 is 2.24 bits per heavy atom. The van der Waals surface area contributed by atoms with E-state index in [1.165, 1.54) is 0 Å². The predicted molar refractivity (Wildman–Crippen MR) is 63.4 cm³/mol. The SMILES string of the molecule is Cn1ccnc1CC(=O)c1ccnc(CN)c1. The van der Waals surface area contributed by atoms with Crippen LogP contribution in [-0.4, -0.2) is 20.3 Å². The molecule has 0 unspecified atom stereocenters. The Bertz CT molecular complexity index is 533. The Morgan fingerprint density at radius 3 is 2.88 bits per heavy atom. The van der Waals surface area contributed by atoms with Gasteiger partial charge in [-0.3, -0.25) is 9.78 Å². The molecule has 0 bridgehead atoms. The first-order valence-corrected chi connectivity index (χ1v) is 5.35. The molecule has 0 radical (unpaired) electrons. The molecule has 0 saturated carbocycles. The molecule has 2 heterocycles. The number of aromatic nitrogens is 3. The molecule has 0 spiro atoms. The maximum Gasteiger partial charge on any atom is 0.170 e. The van der Waals surface area contributed by atoms with Crippen LogP contribution in [0.2, 0.25) is 0 Å². The van der Waals surface area contributed by atoms with Crippen LogP contribution < -0.4 is 5.73 Å². The normalized spacial score (nSPS) is 10.5. The van der Waals surface area contributed by atoms with Crippen molar-refractivity contribution < 1.29 is 4.79 Å². The fraction of sp³-hybridized carbons (Fsp3) is 0.250. The van der Waals surface area contributed by atoms with Crippen LogP contribution >= 0.6 is 0 Å². The van der Waals surface area contributed by atoms with E-state index in [1.54, 1.807) is 24.5 Å². The van der Waals surface area contributed by atoms with Crippen molar-refractivity contribution >= 4 is 5.78 Å². The number of rotatable bonds is 4. The van der Waals surface area contributed by atoms with Gasteiger partial charge in [0.1, 0.15) is 5.82 Å². The summed E-state index contributed by atoms with van der Waals surface area (Å²) in [5.74, 6) is 0.775. The zero-order valence-electron chi connectivity index (χ0n) is 9.63. The monoisotopic (exact) mass is 230 g/mol. The zero-order chi connectivity index (χ0) is 12.3. The molecule has 0 atom stereocenters. The summed E-state index contributed by atoms with van der Waals surface area (Å²) in [7, 11) is 1.87. The van der Waals surface area contributed by atoms with Crippen LogP contribution in [0.1, 0.15) is 21.9 Å². The number of imidazole rings is 1. The molecule has 2 aromatic rings. The number of nitrogens with two attached hydrogens (primary N) is 1. The van der Waals surface area contributed by atoms with Crippen molar-refractivity contribution in [3.8, 4) is 0 Å². The second-order valence-corrected chi connectivity index (χ2v) is 3.79. The summed E-state index contributed by atoms with van der Waals surface area (Å²) in [6.07, 6.45) is 5.40. The number of nitrogens with zero attached hydrogens (tertiary/aromatic N) is 3. The van der Waals surface area contributed by atoms with Gasteiger partial charge in [-0.2, -0.15) is 0 Å². The van der Waals surface area contributed by atoms with Crippen LogP contribution in [0.4, 0.5) is 0 Å². The van der Waals surface area contributed by atoms with E-state index in [2.05, 4.69) is 9.97 Å². The van der Waals surface area contributed by atoms with E-state index < -0.39 is 0 Å². The lowest BCUT2D eigenvalue weighted by Gasteiger charge is -2.03. The van der Waals surface area contributed by atoms with Gasteiger partial charge < -0.3 is 10.3 Å². The molecule has 0 aliphatic rings. The minimum Gasteiger partial charge on any atom is -0.338 e. The molecule has 0 saturated heterocycles. The second-order valence-electron chi connectivity index (χ2n) is 3.79. The van der Waals surface area contributed by atoms with E-state index in [9.17, 15) is 4.79 Å². The molecule has 17 heavy (non-hydrogen) atoms. The quantitative estimate of drug-likeness (QED) is 0.784. The van der Waals surface area contributed by atoms with Gasteiger partial charge in [-0.1, -0.05) is 0 Å². The smallest absolute Gasteiger partial charge is 0.170 e. The van der Waals surface area contributed by atoms with Gasteiger partial charge in [0.05, 0.1) is 12.1 Å². The van der Waals surface area contributed by atoms with Gasteiger partial charge in [0, 0.05) is 37.7 Å². The van der Waals surface area contributed by atoms with Crippen molar-refractivity contribution in [2.24, 2.45) is 12.8 Å². The Morgan fingerprint density at radius 1 is 1.41 bits per heavy atom. The lowest BCUT2D eigenvalue weighted by Crippen LogP contribution is -2.09. The molecule has 0 aliphatic carbocycles. The Hall–Kier alpha value is -2.01. The molecule has 2 N–H and O–H groups in total. The van der Waals surface area contributed by atoms with E-state index in [4.69, 9.17) is 5.73 Å². The predicted octanol–water partition coefficient (Wildman–Crippen LogP) is 0.699. The average Bonchev–Trinajstić information content (AvgIpc) is 2.75. The molecular weight excluding hydrogens is 216 g/mol. The van der Waals surface area contributed by atoms with Crippen LogP contribution in [-0.2, 0) is 20.0 Å². The summed E-state index contributed by atoms with van der Waals surface area (Å²) in [6.45, 7) is 0.337. The van der Waals surface area contributed by atoms with E-state index in [-0.39, 0.29) is 12.2 Å². The molecule has 0 aliphatic heterocycles. The third-order valence-electron chi connectivity index (χ3n) is 2.59. The van der Waals surface area contributed by atoms with Crippen molar-refractivity contribution in [1.29, 1.82) is 0 Å². The first-order chi connectivity index (χ1) is 8.20. The summed E-state index contributed by atoms with van der Waals surface area (Å²) in [5.41, 5.74) is 6.84. The summed E-state index contributed by atoms with van der Waals surface area (Å²) < 4.78 is 1.84. The number of hydrogen-bond acceptors (Lipinski definition) is 4. The number of Topliss-reactive ketones (excluding diaryl/α,β-unsaturated/α-hetero) is 1. The molecular formula is C12H14N4O. The minimum absolute atomic E-state index is 0.0244. The Kier molecular flexibility index (Phi) is 3.30. The summed E-state index contributed by atoms with van der Waals surface area (Å²) in [5, 5.41) is 0. The number of hydrogen-bond donors (Lipinski definition) is 1. The molecule has 2 aromatic heterocycles. The van der Waals surface area contributed by atoms with Crippen molar-refractivity contribution in [3.05, 3.63) is 47.8 Å². The van der Waals surface area contributed by atoms with Gasteiger partial charge >= 0.3 is 0 Å². The number of carbonyl (C=O) groups is 1. The van der Waals surface area contributed by atoms with E-state index in [1.807, 2.05) is 17.8 Å². The fourth-order valence-corrected chi connectivity index (χ4v) is 1.58. The van der Waals surface area contributed by atoms with Crippen molar-refractivity contribution in [3.63, 3.8) is 0 Å². The third kappa shape index (κ3) is 2.57. The summed E-state index contributed by atoms with van der Waals surface area (Å²) >= 11 is 0. The lowest BCUT2D eigenvalue weighted by molar-refractivity contribution is 0.0989. The van der Waals surface area contributed by atoms with Gasteiger partial charge in [0.2, 0.25) is 0 Å². The number of ketones is 1. The number of aryl methyl sites for hydroxylation is 1. The average molecular weight is 230 g/mol. The maximum atomic E-state index is 12.0. The standard InChI is InChI=1S/C12H14N4O/c1-16-5-4-15-12(16)7-11(17)9-2-3-14-10(6-9)8-13/h2-6H,7-8,13H2,1H3. The van der Waals surface area contributed by atoms with Crippen LogP contribution in [0.25, 0.3) is 0 Å². The molecule has 0 aromatic carbocycles. The second kappa shape index (κ2) is 4.88. The highest BCUT2D eigenvalue weighted by Gasteiger charge is 2.10. The minimum atomic E-state index is 0.0244. The fourth-order valence-electron chi connectivity index (χ4n) is 1.58. The topological polar surface area (TPSA) is 73.8 Å². The number of carbonyl (C=O) groups excluding carboxylic acids is 1. The van der Waals surface area contributed by atoms with Gasteiger partial charge in [0.25, 0.3) is 0 Å². The van der Waals surface area contributed by atoms with Gasteiger partial charge in [0.15, 0.2) is 5.78 Å². The highest BCUT2D eigenvalue weighted by molar-refractivity contribution is 5.97. The van der Waals surface area contributed by atoms with E-state index >= 15 is 0 Å². The summed E-state index contributed by atoms with van der Waals surface area (Å²) in [6, 6.07) is 3.43. The van der Waals surface area contributed by atoms with Gasteiger partial charge in [-0.05, 0) is 12.1 Å². The van der Waals surface area contributed by atoms with Crippen LogP contribution in [0.3, 0.4) is 0 Å². The highest BCUT2D eigenvalue weighted by Crippen LogP contribution is 2.06. The summed E-state index contributed by atoms with van der Waals surface area (Å²) in [4.78, 5) is 20.2. The zero-order valence-corrected chi connectivity index (χ0v) is 9.63. The third-order valence-corrected chi connectivity index (χ3v) is 2.59. The molecule has 0 fully saturated rings. The largest absolute Gasteiger partial charge is 0.338 e. The van der Waals surface area contributed by atoms with Crippen LogP contribution in [0, 0.1) is 0 Å². The molecule has 2 rings (SSSR count). The molecule has 88 valence electrons. The van der Waals surface area contributed by atoms with E-state index in [0.717, 1.165) is 11.5 Å². The first kappa shape index (κ1) is 11.5. The molecule has 5 nitrogen and oxygen atoms in total. The van der Waals surface area contributed by atoms with Crippen LogP contribution in [0.5, 0.6) is 0 Å². The van der Waals surface area contributed by atoms with Gasteiger partial charge in [-0.15, -0.1) is 0 Å². The van der Waals surface area contributed by atoms with Crippen molar-refractivity contribution in [2.75, 3.05) is 0 Å².